The first-order valence-electron chi connectivity index (χ1n) is 10.2. The SMILES string of the molecule is CCOc1ccc(/C(O)=C2\C(=O)C(=O)N(CCOC)C2c2sccc2C)c(OCC)c1. The van der Waals surface area contributed by atoms with Crippen LogP contribution in [0.1, 0.15) is 35.9 Å². The molecule has 1 N–H and O–H groups in total. The van der Waals surface area contributed by atoms with Gasteiger partial charge < -0.3 is 24.2 Å². The molecule has 1 aromatic carbocycles. The summed E-state index contributed by atoms with van der Waals surface area (Å²) < 4.78 is 16.4. The highest BCUT2D eigenvalue weighted by Gasteiger charge is 2.47. The van der Waals surface area contributed by atoms with Crippen LogP contribution < -0.4 is 9.47 Å². The van der Waals surface area contributed by atoms with Crippen molar-refractivity contribution in [2.24, 2.45) is 0 Å². The Morgan fingerprint density at radius 3 is 2.52 bits per heavy atom. The van der Waals surface area contributed by atoms with E-state index in [4.69, 9.17) is 14.2 Å². The van der Waals surface area contributed by atoms with Gasteiger partial charge in [-0.25, -0.2) is 0 Å². The second kappa shape index (κ2) is 9.98. The van der Waals surface area contributed by atoms with E-state index < -0.39 is 17.7 Å². The van der Waals surface area contributed by atoms with Crippen molar-refractivity contribution in [2.75, 3.05) is 33.5 Å². The zero-order valence-electron chi connectivity index (χ0n) is 18.1. The topological polar surface area (TPSA) is 85.3 Å². The first-order chi connectivity index (χ1) is 14.9. The molecule has 7 nitrogen and oxygen atoms in total. The van der Waals surface area contributed by atoms with Gasteiger partial charge >= 0.3 is 0 Å². The number of rotatable bonds is 9. The number of amides is 1. The van der Waals surface area contributed by atoms with Crippen molar-refractivity contribution in [3.63, 3.8) is 0 Å². The van der Waals surface area contributed by atoms with E-state index in [1.807, 2.05) is 32.2 Å². The molecule has 1 amide bonds. The molecule has 1 atom stereocenters. The van der Waals surface area contributed by atoms with Gasteiger partial charge in [-0.2, -0.15) is 0 Å². The average Bonchev–Trinajstić information content (AvgIpc) is 3.27. The molecule has 1 saturated heterocycles. The Labute approximate surface area is 185 Å². The van der Waals surface area contributed by atoms with Crippen LogP contribution in [0.2, 0.25) is 0 Å². The first kappa shape index (κ1) is 22.8. The van der Waals surface area contributed by atoms with Crippen molar-refractivity contribution in [2.45, 2.75) is 26.8 Å². The molecule has 1 fully saturated rings. The van der Waals surface area contributed by atoms with Gasteiger partial charge in [0, 0.05) is 24.6 Å². The molecule has 0 bridgehead atoms. The Hall–Kier alpha value is -2.84. The van der Waals surface area contributed by atoms with Crippen LogP contribution in [0.4, 0.5) is 0 Å². The second-order valence-corrected chi connectivity index (χ2v) is 7.92. The number of thiophene rings is 1. The Kier molecular flexibility index (Phi) is 7.35. The maximum absolute atomic E-state index is 13.0. The summed E-state index contributed by atoms with van der Waals surface area (Å²) in [6, 6.07) is 6.27. The van der Waals surface area contributed by atoms with Gasteiger partial charge in [-0.3, -0.25) is 9.59 Å². The number of methoxy groups -OCH3 is 1. The van der Waals surface area contributed by atoms with Gasteiger partial charge in [0.15, 0.2) is 0 Å². The van der Waals surface area contributed by atoms with E-state index in [2.05, 4.69) is 0 Å². The number of nitrogens with zero attached hydrogens (tertiary/aromatic N) is 1. The standard InChI is InChI=1S/C23H27NO6S/c1-5-29-15-7-8-16(17(13-15)30-6-2)20(25)18-19(22-14(3)9-12-31-22)24(10-11-28-4)23(27)21(18)26/h7-9,12-13,19,25H,5-6,10-11H2,1-4H3/b20-18+. The molecule has 166 valence electrons. The molecule has 8 heteroatoms. The van der Waals surface area contributed by atoms with Crippen LogP contribution in [0, 0.1) is 6.92 Å². The van der Waals surface area contributed by atoms with Crippen molar-refractivity contribution in [3.8, 4) is 11.5 Å². The summed E-state index contributed by atoms with van der Waals surface area (Å²) in [4.78, 5) is 28.2. The van der Waals surface area contributed by atoms with Crippen molar-refractivity contribution < 1.29 is 28.9 Å². The largest absolute Gasteiger partial charge is 0.507 e. The van der Waals surface area contributed by atoms with Gasteiger partial charge in [-0.1, -0.05) is 0 Å². The molecule has 1 unspecified atom stereocenters. The zero-order chi connectivity index (χ0) is 22.5. The minimum Gasteiger partial charge on any atom is -0.507 e. The third-order valence-electron chi connectivity index (χ3n) is 5.05. The van der Waals surface area contributed by atoms with Crippen molar-refractivity contribution in [1.82, 2.24) is 4.90 Å². The van der Waals surface area contributed by atoms with Crippen LogP contribution in [0.25, 0.3) is 5.76 Å². The molecule has 0 aliphatic carbocycles. The van der Waals surface area contributed by atoms with Crippen LogP contribution in [-0.4, -0.2) is 55.2 Å². The van der Waals surface area contributed by atoms with Crippen molar-refractivity contribution >= 4 is 28.8 Å². The third kappa shape index (κ3) is 4.45. The Morgan fingerprint density at radius 2 is 1.90 bits per heavy atom. The maximum Gasteiger partial charge on any atom is 0.295 e. The molecule has 31 heavy (non-hydrogen) atoms. The van der Waals surface area contributed by atoms with Gasteiger partial charge in [0.05, 0.1) is 37.0 Å². The molecule has 0 spiro atoms. The Morgan fingerprint density at radius 1 is 1.16 bits per heavy atom. The molecule has 1 aromatic heterocycles. The van der Waals surface area contributed by atoms with E-state index in [1.165, 1.54) is 23.3 Å². The molecule has 2 aromatic rings. The monoisotopic (exact) mass is 445 g/mol. The number of likely N-dealkylation sites (tertiary alicyclic amines) is 1. The predicted molar refractivity (Wildman–Crippen MR) is 119 cm³/mol. The van der Waals surface area contributed by atoms with Gasteiger partial charge in [0.1, 0.15) is 17.3 Å². The van der Waals surface area contributed by atoms with Crippen LogP contribution in [0.3, 0.4) is 0 Å². The van der Waals surface area contributed by atoms with Gasteiger partial charge in [0.25, 0.3) is 11.7 Å². The quantitative estimate of drug-likeness (QED) is 0.358. The number of aliphatic hydroxyl groups is 1. The van der Waals surface area contributed by atoms with Gasteiger partial charge in [0.2, 0.25) is 0 Å². The van der Waals surface area contributed by atoms with E-state index >= 15 is 0 Å². The van der Waals surface area contributed by atoms with E-state index in [1.54, 1.807) is 18.2 Å². The number of hydrogen-bond acceptors (Lipinski definition) is 7. The smallest absolute Gasteiger partial charge is 0.295 e. The fourth-order valence-electron chi connectivity index (χ4n) is 3.61. The fourth-order valence-corrected chi connectivity index (χ4v) is 4.66. The molecule has 1 aliphatic heterocycles. The van der Waals surface area contributed by atoms with Crippen molar-refractivity contribution in [1.29, 1.82) is 0 Å². The number of carbonyl (C=O) groups excluding carboxylic acids is 2. The summed E-state index contributed by atoms with van der Waals surface area (Å²) >= 11 is 1.44. The summed E-state index contributed by atoms with van der Waals surface area (Å²) in [6.07, 6.45) is 0. The minimum absolute atomic E-state index is 0.0526. The lowest BCUT2D eigenvalue weighted by Crippen LogP contribution is -2.32. The van der Waals surface area contributed by atoms with Crippen molar-refractivity contribution in [3.05, 3.63) is 51.2 Å². The third-order valence-corrected chi connectivity index (χ3v) is 6.12. The number of aryl methyl sites for hydroxylation is 1. The lowest BCUT2D eigenvalue weighted by molar-refractivity contribution is -0.140. The number of aliphatic hydroxyl groups excluding tert-OH is 1. The first-order valence-corrected chi connectivity index (χ1v) is 11.0. The summed E-state index contributed by atoms with van der Waals surface area (Å²) in [6.45, 7) is 6.99. The Bertz CT molecular complexity index is 996. The molecule has 0 radical (unpaired) electrons. The summed E-state index contributed by atoms with van der Waals surface area (Å²) in [7, 11) is 1.54. The molecule has 3 rings (SSSR count). The van der Waals surface area contributed by atoms with E-state index in [0.717, 1.165) is 10.4 Å². The normalized spacial score (nSPS) is 17.9. The highest BCUT2D eigenvalue weighted by molar-refractivity contribution is 7.10. The fraction of sp³-hybridized carbons (Fsp3) is 0.391. The number of Topliss-reactive ketones (excluding diaryl/α,β-unsaturated/α-hetero) is 1. The molecular weight excluding hydrogens is 418 g/mol. The number of carbonyl (C=O) groups is 2. The minimum atomic E-state index is -0.720. The predicted octanol–water partition coefficient (Wildman–Crippen LogP) is 3.92. The van der Waals surface area contributed by atoms with Crippen LogP contribution in [-0.2, 0) is 14.3 Å². The zero-order valence-corrected chi connectivity index (χ0v) is 19.0. The number of ether oxygens (including phenoxy) is 3. The number of ketones is 1. The van der Waals surface area contributed by atoms with Crippen LogP contribution in [0.5, 0.6) is 11.5 Å². The Balaban J connectivity index is 2.18. The van der Waals surface area contributed by atoms with E-state index in [9.17, 15) is 14.7 Å². The second-order valence-electron chi connectivity index (χ2n) is 6.98. The van der Waals surface area contributed by atoms with Gasteiger partial charge in [-0.15, -0.1) is 11.3 Å². The summed E-state index contributed by atoms with van der Waals surface area (Å²) in [5, 5.41) is 13.2. The number of hydrogen-bond donors (Lipinski definition) is 1. The van der Waals surface area contributed by atoms with Crippen LogP contribution >= 0.6 is 11.3 Å². The maximum atomic E-state index is 13.0. The van der Waals surface area contributed by atoms with E-state index in [-0.39, 0.29) is 24.5 Å². The van der Waals surface area contributed by atoms with Crippen LogP contribution in [0.15, 0.2) is 35.2 Å². The molecule has 2 heterocycles. The summed E-state index contributed by atoms with van der Waals surface area (Å²) in [5.41, 5.74) is 1.34. The van der Waals surface area contributed by atoms with Gasteiger partial charge in [-0.05, 0) is 49.9 Å². The molecule has 0 saturated carbocycles. The highest BCUT2D eigenvalue weighted by atomic mass is 32.1. The molecule has 1 aliphatic rings. The lowest BCUT2D eigenvalue weighted by atomic mass is 9.98. The average molecular weight is 446 g/mol. The van der Waals surface area contributed by atoms with E-state index in [0.29, 0.717) is 30.3 Å². The summed E-state index contributed by atoms with van der Waals surface area (Å²) in [5.74, 6) is -0.657. The lowest BCUT2D eigenvalue weighted by Gasteiger charge is -2.24. The number of benzene rings is 1. The highest BCUT2D eigenvalue weighted by Crippen LogP contribution is 2.43. The molecular formula is C23H27NO6S.